The van der Waals surface area contributed by atoms with Crippen LogP contribution in [0, 0.1) is 0 Å². The van der Waals surface area contributed by atoms with Crippen molar-refractivity contribution in [1.82, 2.24) is 4.98 Å². The number of aromatic nitrogens is 1. The third-order valence-corrected chi connectivity index (χ3v) is 3.41. The first-order valence-electron chi connectivity index (χ1n) is 6.29. The number of nitrogens with zero attached hydrogens (tertiary/aromatic N) is 2. The first kappa shape index (κ1) is 14.1. The lowest BCUT2D eigenvalue weighted by Crippen LogP contribution is -2.29. The Kier molecular flexibility index (Phi) is 3.71. The lowest BCUT2D eigenvalue weighted by Gasteiger charge is -2.23. The largest absolute Gasteiger partial charge is 0.433 e. The summed E-state index contributed by atoms with van der Waals surface area (Å²) >= 11 is 0. The second kappa shape index (κ2) is 5.00. The molecule has 2 heterocycles. The molecule has 0 radical (unpaired) electrons. The molecular formula is C13H17F3N2O. The zero-order valence-corrected chi connectivity index (χ0v) is 10.7. The summed E-state index contributed by atoms with van der Waals surface area (Å²) < 4.78 is 37.9. The molecule has 0 bridgehead atoms. The highest BCUT2D eigenvalue weighted by Crippen LogP contribution is 2.30. The summed E-state index contributed by atoms with van der Waals surface area (Å²) in [5, 5.41) is 9.98. The van der Waals surface area contributed by atoms with Gasteiger partial charge in [0.15, 0.2) is 0 Å². The van der Waals surface area contributed by atoms with E-state index in [1.165, 1.54) is 6.07 Å². The summed E-state index contributed by atoms with van der Waals surface area (Å²) in [4.78, 5) is 5.48. The van der Waals surface area contributed by atoms with Gasteiger partial charge in [-0.15, -0.1) is 0 Å². The van der Waals surface area contributed by atoms with Crippen LogP contribution in [0.25, 0.3) is 0 Å². The van der Waals surface area contributed by atoms with Crippen molar-refractivity contribution in [3.63, 3.8) is 0 Å². The maximum atomic E-state index is 12.6. The third kappa shape index (κ3) is 3.59. The molecule has 1 aromatic heterocycles. The van der Waals surface area contributed by atoms with Crippen LogP contribution in [0.2, 0.25) is 0 Å². The molecule has 1 unspecified atom stereocenters. The van der Waals surface area contributed by atoms with Crippen molar-refractivity contribution in [3.05, 3.63) is 23.9 Å². The zero-order valence-electron chi connectivity index (χ0n) is 10.7. The van der Waals surface area contributed by atoms with E-state index in [1.807, 2.05) is 0 Å². The van der Waals surface area contributed by atoms with Gasteiger partial charge < -0.3 is 10.0 Å². The monoisotopic (exact) mass is 274 g/mol. The van der Waals surface area contributed by atoms with E-state index in [0.29, 0.717) is 31.7 Å². The lowest BCUT2D eigenvalue weighted by molar-refractivity contribution is -0.141. The second-order valence-corrected chi connectivity index (χ2v) is 5.22. The van der Waals surface area contributed by atoms with Crippen LogP contribution in [0.5, 0.6) is 0 Å². The zero-order chi connectivity index (χ0) is 14.1. The van der Waals surface area contributed by atoms with E-state index in [-0.39, 0.29) is 0 Å². The molecule has 1 atom stereocenters. The van der Waals surface area contributed by atoms with Gasteiger partial charge in [0, 0.05) is 13.1 Å². The molecule has 19 heavy (non-hydrogen) atoms. The van der Waals surface area contributed by atoms with Crippen LogP contribution >= 0.6 is 0 Å². The van der Waals surface area contributed by atoms with Gasteiger partial charge in [-0.1, -0.05) is 6.07 Å². The first-order chi connectivity index (χ1) is 8.78. The average Bonchev–Trinajstić information content (AvgIpc) is 2.49. The van der Waals surface area contributed by atoms with Crippen molar-refractivity contribution in [2.45, 2.75) is 38.0 Å². The molecule has 1 aliphatic heterocycles. The number of hydrogen-bond donors (Lipinski definition) is 1. The maximum Gasteiger partial charge on any atom is 0.433 e. The molecule has 1 aliphatic rings. The van der Waals surface area contributed by atoms with Gasteiger partial charge in [0.25, 0.3) is 0 Å². The summed E-state index contributed by atoms with van der Waals surface area (Å²) in [6.07, 6.45) is -2.49. The van der Waals surface area contributed by atoms with E-state index in [4.69, 9.17) is 0 Å². The van der Waals surface area contributed by atoms with Crippen molar-refractivity contribution in [2.75, 3.05) is 18.0 Å². The van der Waals surface area contributed by atoms with Gasteiger partial charge in [0.05, 0.1) is 5.60 Å². The Balaban J connectivity index is 2.18. The third-order valence-electron chi connectivity index (χ3n) is 3.41. The molecule has 1 N–H and O–H groups in total. The summed E-state index contributed by atoms with van der Waals surface area (Å²) in [6.45, 7) is 2.89. The Morgan fingerprint density at radius 3 is 2.68 bits per heavy atom. The molecule has 0 amide bonds. The summed E-state index contributed by atoms with van der Waals surface area (Å²) in [5.74, 6) is 0.326. The molecule has 1 saturated heterocycles. The van der Waals surface area contributed by atoms with Crippen LogP contribution < -0.4 is 4.90 Å². The van der Waals surface area contributed by atoms with Crippen molar-refractivity contribution >= 4 is 5.82 Å². The normalized spacial score (nSPS) is 25.2. The number of pyridine rings is 1. The predicted molar refractivity (Wildman–Crippen MR) is 65.9 cm³/mol. The Morgan fingerprint density at radius 2 is 2.00 bits per heavy atom. The van der Waals surface area contributed by atoms with E-state index >= 15 is 0 Å². The molecular weight excluding hydrogens is 257 g/mol. The Labute approximate surface area is 110 Å². The van der Waals surface area contributed by atoms with Crippen LogP contribution in [0.1, 0.15) is 31.9 Å². The predicted octanol–water partition coefficient (Wildman–Crippen LogP) is 2.84. The van der Waals surface area contributed by atoms with Gasteiger partial charge in [-0.2, -0.15) is 13.2 Å². The van der Waals surface area contributed by atoms with E-state index in [2.05, 4.69) is 4.98 Å². The quantitative estimate of drug-likeness (QED) is 0.855. The van der Waals surface area contributed by atoms with E-state index < -0.39 is 17.5 Å². The highest BCUT2D eigenvalue weighted by Gasteiger charge is 2.33. The molecule has 1 fully saturated rings. The maximum absolute atomic E-state index is 12.6. The van der Waals surface area contributed by atoms with Crippen LogP contribution in [-0.2, 0) is 6.18 Å². The fraction of sp³-hybridized carbons (Fsp3) is 0.615. The van der Waals surface area contributed by atoms with Crippen LogP contribution in [-0.4, -0.2) is 28.8 Å². The number of anilines is 1. The second-order valence-electron chi connectivity index (χ2n) is 5.22. The molecule has 106 valence electrons. The Morgan fingerprint density at radius 1 is 1.26 bits per heavy atom. The number of hydrogen-bond acceptors (Lipinski definition) is 3. The molecule has 6 heteroatoms. The smallest absolute Gasteiger partial charge is 0.390 e. The van der Waals surface area contributed by atoms with E-state index in [0.717, 1.165) is 12.5 Å². The molecule has 0 aromatic carbocycles. The van der Waals surface area contributed by atoms with E-state index in [1.54, 1.807) is 17.9 Å². The fourth-order valence-electron chi connectivity index (χ4n) is 2.25. The minimum atomic E-state index is -4.42. The summed E-state index contributed by atoms with van der Waals surface area (Å²) in [7, 11) is 0. The van der Waals surface area contributed by atoms with Crippen LogP contribution in [0.4, 0.5) is 19.0 Å². The molecule has 3 nitrogen and oxygen atoms in total. The first-order valence-corrected chi connectivity index (χ1v) is 6.29. The number of rotatable bonds is 1. The number of aliphatic hydroxyl groups is 1. The van der Waals surface area contributed by atoms with Gasteiger partial charge in [-0.3, -0.25) is 0 Å². The van der Waals surface area contributed by atoms with Crippen LogP contribution in [0.15, 0.2) is 18.2 Å². The Bertz CT molecular complexity index is 446. The molecule has 2 rings (SSSR count). The number of halogens is 3. The highest BCUT2D eigenvalue weighted by molar-refractivity contribution is 5.40. The molecule has 0 spiro atoms. The molecule has 0 saturated carbocycles. The lowest BCUT2D eigenvalue weighted by atomic mass is 9.98. The molecule has 1 aromatic rings. The van der Waals surface area contributed by atoms with Gasteiger partial charge in [-0.25, -0.2) is 4.98 Å². The van der Waals surface area contributed by atoms with Crippen molar-refractivity contribution in [2.24, 2.45) is 0 Å². The van der Waals surface area contributed by atoms with Crippen molar-refractivity contribution in [3.8, 4) is 0 Å². The summed E-state index contributed by atoms with van der Waals surface area (Å²) in [6, 6.07) is 3.92. The average molecular weight is 274 g/mol. The standard InChI is InChI=1S/C13H17F3N2O/c1-12(19)6-3-8-18(9-7-12)11-5-2-4-10(17-11)13(14,15)16/h2,4-5,19H,3,6-9H2,1H3. The van der Waals surface area contributed by atoms with Crippen LogP contribution in [0.3, 0.4) is 0 Å². The minimum absolute atomic E-state index is 0.326. The molecule has 0 aliphatic carbocycles. The topological polar surface area (TPSA) is 36.4 Å². The van der Waals surface area contributed by atoms with E-state index in [9.17, 15) is 18.3 Å². The summed E-state index contributed by atoms with van der Waals surface area (Å²) in [5.41, 5.74) is -1.61. The van der Waals surface area contributed by atoms with Gasteiger partial charge in [0.1, 0.15) is 11.5 Å². The van der Waals surface area contributed by atoms with Gasteiger partial charge in [-0.05, 0) is 38.3 Å². The Hall–Kier alpha value is -1.30. The highest BCUT2D eigenvalue weighted by atomic mass is 19.4. The van der Waals surface area contributed by atoms with Crippen molar-refractivity contribution in [1.29, 1.82) is 0 Å². The fourth-order valence-corrected chi connectivity index (χ4v) is 2.25. The van der Waals surface area contributed by atoms with Gasteiger partial charge in [0.2, 0.25) is 0 Å². The minimum Gasteiger partial charge on any atom is -0.390 e. The SMILES string of the molecule is CC1(O)CCCN(c2cccc(C(F)(F)F)n2)CC1. The van der Waals surface area contributed by atoms with Crippen molar-refractivity contribution < 1.29 is 18.3 Å². The number of alkyl halides is 3. The van der Waals surface area contributed by atoms with Gasteiger partial charge >= 0.3 is 6.18 Å².